The van der Waals surface area contributed by atoms with Crippen molar-refractivity contribution in [3.05, 3.63) is 52.0 Å². The molecular weight excluding hydrogens is 330 g/mol. The van der Waals surface area contributed by atoms with E-state index in [-0.39, 0.29) is 15.6 Å². The summed E-state index contributed by atoms with van der Waals surface area (Å²) in [6.45, 7) is 0.992. The van der Waals surface area contributed by atoms with Crippen LogP contribution in [-0.2, 0) is 0 Å². The number of anilines is 1. The van der Waals surface area contributed by atoms with E-state index in [1.54, 1.807) is 18.5 Å². The fourth-order valence-corrected chi connectivity index (χ4v) is 2.14. The van der Waals surface area contributed by atoms with Crippen LogP contribution < -0.4 is 10.6 Å². The van der Waals surface area contributed by atoms with Crippen LogP contribution in [0.2, 0.25) is 10.0 Å². The maximum Gasteiger partial charge on any atom is 0.252 e. The highest BCUT2D eigenvalue weighted by atomic mass is 35.5. The van der Waals surface area contributed by atoms with E-state index in [1.165, 1.54) is 6.07 Å². The van der Waals surface area contributed by atoms with Crippen molar-refractivity contribution in [2.75, 3.05) is 18.4 Å². The molecule has 0 radical (unpaired) electrons. The number of amides is 1. The van der Waals surface area contributed by atoms with Crippen LogP contribution in [0.5, 0.6) is 0 Å². The molecule has 2 N–H and O–H groups in total. The van der Waals surface area contributed by atoms with Crippen LogP contribution in [0.3, 0.4) is 0 Å². The van der Waals surface area contributed by atoms with Crippen LogP contribution in [0.25, 0.3) is 0 Å². The van der Waals surface area contributed by atoms with Crippen molar-refractivity contribution >= 4 is 35.1 Å². The summed E-state index contributed by atoms with van der Waals surface area (Å²) in [5, 5.41) is 5.66. The van der Waals surface area contributed by atoms with E-state index in [0.29, 0.717) is 25.5 Å². The van der Waals surface area contributed by atoms with Crippen LogP contribution in [0.15, 0.2) is 30.6 Å². The lowest BCUT2D eigenvalue weighted by Crippen LogP contribution is -2.26. The fourth-order valence-electron chi connectivity index (χ4n) is 1.67. The first-order valence-electron chi connectivity index (χ1n) is 6.51. The molecule has 0 aliphatic heterocycles. The number of halogens is 3. The second-order valence-corrected chi connectivity index (χ2v) is 5.17. The minimum absolute atomic E-state index is 0.0583. The average molecular weight is 343 g/mol. The Hall–Kier alpha value is -1.92. The van der Waals surface area contributed by atoms with Gasteiger partial charge in [-0.05, 0) is 24.6 Å². The summed E-state index contributed by atoms with van der Waals surface area (Å²) in [7, 11) is 0. The zero-order valence-electron chi connectivity index (χ0n) is 11.4. The van der Waals surface area contributed by atoms with Crippen LogP contribution in [0.1, 0.15) is 16.8 Å². The van der Waals surface area contributed by atoms with E-state index < -0.39 is 11.7 Å². The van der Waals surface area contributed by atoms with Gasteiger partial charge in [0.05, 0.1) is 15.6 Å². The molecule has 1 aromatic carbocycles. The zero-order chi connectivity index (χ0) is 15.9. The van der Waals surface area contributed by atoms with E-state index in [1.807, 2.05) is 0 Å². The van der Waals surface area contributed by atoms with E-state index >= 15 is 0 Å². The normalized spacial score (nSPS) is 10.3. The predicted molar refractivity (Wildman–Crippen MR) is 83.9 cm³/mol. The number of nitrogens with one attached hydrogen (secondary N) is 2. The Balaban J connectivity index is 1.77. The van der Waals surface area contributed by atoms with Gasteiger partial charge in [0.15, 0.2) is 0 Å². The Morgan fingerprint density at radius 1 is 1.14 bits per heavy atom. The van der Waals surface area contributed by atoms with Gasteiger partial charge < -0.3 is 10.6 Å². The molecule has 5 nitrogen and oxygen atoms in total. The van der Waals surface area contributed by atoms with Crippen molar-refractivity contribution in [3.8, 4) is 0 Å². The minimum Gasteiger partial charge on any atom is -0.354 e. The third-order valence-electron chi connectivity index (χ3n) is 2.74. The molecule has 8 heteroatoms. The molecule has 22 heavy (non-hydrogen) atoms. The number of hydrogen-bond acceptors (Lipinski definition) is 4. The molecule has 0 atom stereocenters. The molecule has 0 aliphatic rings. The highest BCUT2D eigenvalue weighted by Crippen LogP contribution is 2.24. The van der Waals surface area contributed by atoms with Gasteiger partial charge in [-0.3, -0.25) is 4.79 Å². The highest BCUT2D eigenvalue weighted by Gasteiger charge is 2.13. The van der Waals surface area contributed by atoms with Crippen molar-refractivity contribution < 1.29 is 9.18 Å². The first kappa shape index (κ1) is 16.5. The Labute approximate surface area is 136 Å². The van der Waals surface area contributed by atoms with Crippen molar-refractivity contribution in [1.29, 1.82) is 0 Å². The van der Waals surface area contributed by atoms with Crippen molar-refractivity contribution in [2.45, 2.75) is 6.42 Å². The van der Waals surface area contributed by atoms with Crippen LogP contribution in [-0.4, -0.2) is 29.0 Å². The first-order chi connectivity index (χ1) is 10.6. The molecule has 0 unspecified atom stereocenters. The van der Waals surface area contributed by atoms with E-state index in [9.17, 15) is 9.18 Å². The third kappa shape index (κ3) is 4.54. The summed E-state index contributed by atoms with van der Waals surface area (Å²) < 4.78 is 13.4. The van der Waals surface area contributed by atoms with Crippen LogP contribution in [0, 0.1) is 5.82 Å². The molecule has 116 valence electrons. The van der Waals surface area contributed by atoms with Crippen LogP contribution in [0.4, 0.5) is 10.3 Å². The summed E-state index contributed by atoms with van der Waals surface area (Å²) in [6, 6.07) is 3.96. The lowest BCUT2D eigenvalue weighted by Gasteiger charge is -2.08. The van der Waals surface area contributed by atoms with Crippen molar-refractivity contribution in [3.63, 3.8) is 0 Å². The molecule has 1 aromatic heterocycles. The summed E-state index contributed by atoms with van der Waals surface area (Å²) in [5.74, 6) is -0.604. The second-order valence-electron chi connectivity index (χ2n) is 4.35. The standard InChI is InChI=1S/C14H13Cl2FN4O/c15-10-8-11(16)12(17)7-9(10)13(22)18-3-1-4-19-14-20-5-2-6-21-14/h2,5-8H,1,3-4H2,(H,18,22)(H,19,20,21). The van der Waals surface area contributed by atoms with Crippen molar-refractivity contribution in [1.82, 2.24) is 15.3 Å². The molecule has 0 spiro atoms. The summed E-state index contributed by atoms with van der Waals surface area (Å²) in [5.41, 5.74) is 0.0583. The zero-order valence-corrected chi connectivity index (χ0v) is 13.0. The lowest BCUT2D eigenvalue weighted by atomic mass is 10.2. The van der Waals surface area contributed by atoms with Gasteiger partial charge in [0.1, 0.15) is 5.82 Å². The average Bonchev–Trinajstić information content (AvgIpc) is 2.51. The Morgan fingerprint density at radius 3 is 2.59 bits per heavy atom. The SMILES string of the molecule is O=C(NCCCNc1ncccn1)c1cc(F)c(Cl)cc1Cl. The number of hydrogen-bond donors (Lipinski definition) is 2. The van der Waals surface area contributed by atoms with Gasteiger partial charge in [0.25, 0.3) is 5.91 Å². The molecule has 0 bridgehead atoms. The molecule has 2 rings (SSSR count). The topological polar surface area (TPSA) is 66.9 Å². The lowest BCUT2D eigenvalue weighted by molar-refractivity contribution is 0.0953. The van der Waals surface area contributed by atoms with Crippen molar-refractivity contribution in [2.24, 2.45) is 0 Å². The first-order valence-corrected chi connectivity index (χ1v) is 7.27. The molecule has 0 fully saturated rings. The van der Waals surface area contributed by atoms with Gasteiger partial charge in [-0.25, -0.2) is 14.4 Å². The number of carbonyl (C=O) groups excluding carboxylic acids is 1. The maximum atomic E-state index is 13.4. The number of nitrogens with zero attached hydrogens (tertiary/aromatic N) is 2. The van der Waals surface area contributed by atoms with E-state index in [4.69, 9.17) is 23.2 Å². The maximum absolute atomic E-state index is 13.4. The summed E-state index contributed by atoms with van der Waals surface area (Å²) in [6.07, 6.45) is 3.92. The van der Waals surface area contributed by atoms with E-state index in [2.05, 4.69) is 20.6 Å². The minimum atomic E-state index is -0.681. The molecule has 0 aliphatic carbocycles. The van der Waals surface area contributed by atoms with Gasteiger partial charge in [0.2, 0.25) is 5.95 Å². The molecule has 0 saturated heterocycles. The summed E-state index contributed by atoms with van der Waals surface area (Å²) >= 11 is 11.5. The van der Waals surface area contributed by atoms with Gasteiger partial charge in [0, 0.05) is 25.5 Å². The number of benzene rings is 1. The predicted octanol–water partition coefficient (Wildman–Crippen LogP) is 3.15. The monoisotopic (exact) mass is 342 g/mol. The Bertz CT molecular complexity index is 655. The van der Waals surface area contributed by atoms with E-state index in [0.717, 1.165) is 6.07 Å². The Morgan fingerprint density at radius 2 is 1.86 bits per heavy atom. The quantitative estimate of drug-likeness (QED) is 0.625. The highest BCUT2D eigenvalue weighted by molar-refractivity contribution is 6.36. The smallest absolute Gasteiger partial charge is 0.252 e. The van der Waals surface area contributed by atoms with Gasteiger partial charge >= 0.3 is 0 Å². The third-order valence-corrected chi connectivity index (χ3v) is 3.34. The largest absolute Gasteiger partial charge is 0.354 e. The Kier molecular flexibility index (Phi) is 5.91. The summed E-state index contributed by atoms with van der Waals surface area (Å²) in [4.78, 5) is 19.9. The number of carbonyl (C=O) groups is 1. The van der Waals surface area contributed by atoms with Gasteiger partial charge in [-0.2, -0.15) is 0 Å². The molecule has 0 saturated carbocycles. The molecule has 2 aromatic rings. The second kappa shape index (κ2) is 7.91. The van der Waals surface area contributed by atoms with Gasteiger partial charge in [-0.15, -0.1) is 0 Å². The molecule has 1 amide bonds. The number of aromatic nitrogens is 2. The fraction of sp³-hybridized carbons (Fsp3) is 0.214. The number of rotatable bonds is 6. The molecular formula is C14H13Cl2FN4O. The van der Waals surface area contributed by atoms with Crippen LogP contribution >= 0.6 is 23.2 Å². The van der Waals surface area contributed by atoms with Gasteiger partial charge in [-0.1, -0.05) is 23.2 Å². The molecule has 1 heterocycles.